The van der Waals surface area contributed by atoms with Gasteiger partial charge in [0, 0.05) is 45.0 Å². The largest absolute Gasteiger partial charge is 0.465 e. The van der Waals surface area contributed by atoms with E-state index in [4.69, 9.17) is 0 Å². The fraction of sp³-hybridized carbons (Fsp3) is 0.667. The number of piperazine rings is 1. The number of anilines is 1. The van der Waals surface area contributed by atoms with Gasteiger partial charge in [-0.1, -0.05) is 18.9 Å². The number of benzene rings is 1. The molecule has 1 atom stereocenters. The monoisotopic (exact) mass is 357 g/mol. The van der Waals surface area contributed by atoms with E-state index < -0.39 is 6.09 Å². The van der Waals surface area contributed by atoms with Crippen molar-refractivity contribution in [3.63, 3.8) is 0 Å². The highest BCUT2D eigenvalue weighted by atomic mass is 16.4. The predicted molar refractivity (Wildman–Crippen MR) is 104 cm³/mol. The topological polar surface area (TPSA) is 47.0 Å². The summed E-state index contributed by atoms with van der Waals surface area (Å²) < 4.78 is 0. The maximum Gasteiger partial charge on any atom is 0.407 e. The Kier molecular flexibility index (Phi) is 5.07. The number of carbonyl (C=O) groups is 1. The molecule has 1 aliphatic heterocycles. The molecule has 4 rings (SSSR count). The molecule has 1 aromatic carbocycles. The molecule has 2 aliphatic carbocycles. The molecule has 26 heavy (non-hydrogen) atoms. The minimum absolute atomic E-state index is 0.00372. The van der Waals surface area contributed by atoms with Gasteiger partial charge in [-0.15, -0.1) is 0 Å². The molecule has 0 bridgehead atoms. The van der Waals surface area contributed by atoms with Crippen LogP contribution in [-0.2, 0) is 6.42 Å². The second-order valence-electron chi connectivity index (χ2n) is 8.15. The van der Waals surface area contributed by atoms with Crippen molar-refractivity contribution in [3.05, 3.63) is 29.3 Å². The number of rotatable bonds is 3. The zero-order valence-corrected chi connectivity index (χ0v) is 15.9. The van der Waals surface area contributed by atoms with Gasteiger partial charge in [0.05, 0.1) is 6.04 Å². The number of hydrogen-bond acceptors (Lipinski definition) is 3. The van der Waals surface area contributed by atoms with Crippen molar-refractivity contribution in [2.24, 2.45) is 0 Å². The molecule has 1 N–H and O–H groups in total. The third-order valence-corrected chi connectivity index (χ3v) is 6.70. The minimum atomic E-state index is -0.835. The number of aryl methyl sites for hydroxylation is 1. The van der Waals surface area contributed by atoms with Gasteiger partial charge >= 0.3 is 6.09 Å². The zero-order chi connectivity index (χ0) is 18.1. The molecule has 1 heterocycles. The van der Waals surface area contributed by atoms with Crippen LogP contribution in [0.15, 0.2) is 18.2 Å². The summed E-state index contributed by atoms with van der Waals surface area (Å²) in [5.41, 5.74) is 3.81. The van der Waals surface area contributed by atoms with E-state index in [1.54, 1.807) is 7.05 Å². The van der Waals surface area contributed by atoms with Crippen molar-refractivity contribution in [3.8, 4) is 0 Å². The fourth-order valence-electron chi connectivity index (χ4n) is 5.11. The van der Waals surface area contributed by atoms with E-state index in [0.29, 0.717) is 0 Å². The van der Waals surface area contributed by atoms with E-state index in [9.17, 15) is 9.90 Å². The van der Waals surface area contributed by atoms with Crippen molar-refractivity contribution in [2.75, 3.05) is 38.1 Å². The standard InChI is InChI=1S/C21H31N3O2/c1-22(21(25)26)20-8-4-5-16-9-10-18(15-19(16)20)24-13-11-23(12-14-24)17-6-2-3-7-17/h9-10,15,17,20H,2-8,11-14H2,1H3,(H,25,26). The quantitative estimate of drug-likeness (QED) is 0.895. The average Bonchev–Trinajstić information content (AvgIpc) is 3.21. The summed E-state index contributed by atoms with van der Waals surface area (Å²) in [5.74, 6) is 0. The molecule has 1 aromatic rings. The highest BCUT2D eigenvalue weighted by Crippen LogP contribution is 2.36. The summed E-state index contributed by atoms with van der Waals surface area (Å²) in [6.07, 6.45) is 7.77. The molecule has 1 amide bonds. The number of fused-ring (bicyclic) bond motifs is 1. The Bertz CT molecular complexity index is 649. The van der Waals surface area contributed by atoms with Crippen LogP contribution in [0.3, 0.4) is 0 Å². The summed E-state index contributed by atoms with van der Waals surface area (Å²) in [4.78, 5) is 18.1. The first-order chi connectivity index (χ1) is 12.6. The Morgan fingerprint density at radius 1 is 1.08 bits per heavy atom. The number of hydrogen-bond donors (Lipinski definition) is 1. The third-order valence-electron chi connectivity index (χ3n) is 6.70. The van der Waals surface area contributed by atoms with E-state index in [1.807, 2.05) is 0 Å². The van der Waals surface area contributed by atoms with E-state index in [-0.39, 0.29) is 6.04 Å². The summed E-state index contributed by atoms with van der Waals surface area (Å²) in [6.45, 7) is 4.46. The Balaban J connectivity index is 1.48. The van der Waals surface area contributed by atoms with E-state index in [2.05, 4.69) is 28.0 Å². The first-order valence-electron chi connectivity index (χ1n) is 10.2. The van der Waals surface area contributed by atoms with Crippen molar-refractivity contribution in [1.29, 1.82) is 0 Å². The lowest BCUT2D eigenvalue weighted by Gasteiger charge is -2.40. The summed E-state index contributed by atoms with van der Waals surface area (Å²) in [7, 11) is 1.70. The molecule has 1 saturated carbocycles. The molecule has 1 unspecified atom stereocenters. The van der Waals surface area contributed by atoms with Crippen LogP contribution in [0, 0.1) is 0 Å². The van der Waals surface area contributed by atoms with E-state index in [1.165, 1.54) is 47.4 Å². The van der Waals surface area contributed by atoms with Gasteiger partial charge in [0.25, 0.3) is 0 Å². The van der Waals surface area contributed by atoms with Crippen molar-refractivity contribution in [2.45, 2.75) is 57.0 Å². The Labute approximate surface area is 156 Å². The highest BCUT2D eigenvalue weighted by Gasteiger charge is 2.29. The van der Waals surface area contributed by atoms with Crippen LogP contribution in [0.4, 0.5) is 10.5 Å². The lowest BCUT2D eigenvalue weighted by molar-refractivity contribution is 0.133. The fourth-order valence-corrected chi connectivity index (χ4v) is 5.11. The van der Waals surface area contributed by atoms with Crippen LogP contribution in [0.2, 0.25) is 0 Å². The Morgan fingerprint density at radius 3 is 2.50 bits per heavy atom. The lowest BCUT2D eigenvalue weighted by atomic mass is 9.86. The van der Waals surface area contributed by atoms with Crippen LogP contribution < -0.4 is 4.90 Å². The molecule has 142 valence electrons. The summed E-state index contributed by atoms with van der Waals surface area (Å²) in [5, 5.41) is 9.42. The van der Waals surface area contributed by atoms with Crippen LogP contribution in [0.1, 0.15) is 55.7 Å². The molecule has 3 aliphatic rings. The molecule has 5 heteroatoms. The van der Waals surface area contributed by atoms with E-state index >= 15 is 0 Å². The molecule has 2 fully saturated rings. The number of amides is 1. The lowest BCUT2D eigenvalue weighted by Crippen LogP contribution is -2.49. The van der Waals surface area contributed by atoms with Crippen molar-refractivity contribution >= 4 is 11.8 Å². The van der Waals surface area contributed by atoms with Crippen LogP contribution in [0.25, 0.3) is 0 Å². The molecule has 0 aromatic heterocycles. The predicted octanol–water partition coefficient (Wildman–Crippen LogP) is 3.74. The zero-order valence-electron chi connectivity index (χ0n) is 15.9. The third kappa shape index (κ3) is 3.41. The van der Waals surface area contributed by atoms with Gasteiger partial charge in [-0.05, 0) is 55.4 Å². The second-order valence-corrected chi connectivity index (χ2v) is 8.15. The highest BCUT2D eigenvalue weighted by molar-refractivity contribution is 5.66. The van der Waals surface area contributed by atoms with Crippen molar-refractivity contribution in [1.82, 2.24) is 9.80 Å². The van der Waals surface area contributed by atoms with Gasteiger partial charge in [-0.3, -0.25) is 4.90 Å². The van der Waals surface area contributed by atoms with Gasteiger partial charge in [0.1, 0.15) is 0 Å². The van der Waals surface area contributed by atoms with Gasteiger partial charge in [-0.25, -0.2) is 4.79 Å². The van der Waals surface area contributed by atoms with Crippen LogP contribution in [-0.4, -0.2) is 60.3 Å². The van der Waals surface area contributed by atoms with Gasteiger partial charge in [0.2, 0.25) is 0 Å². The molecule has 0 spiro atoms. The Morgan fingerprint density at radius 2 is 1.81 bits per heavy atom. The van der Waals surface area contributed by atoms with Crippen molar-refractivity contribution < 1.29 is 9.90 Å². The molecular weight excluding hydrogens is 326 g/mol. The first-order valence-corrected chi connectivity index (χ1v) is 10.2. The average molecular weight is 357 g/mol. The number of carboxylic acid groups (broad SMARTS) is 1. The van der Waals surface area contributed by atoms with E-state index in [0.717, 1.165) is 51.5 Å². The summed E-state index contributed by atoms with van der Waals surface area (Å²) >= 11 is 0. The normalized spacial score (nSPS) is 24.5. The summed E-state index contributed by atoms with van der Waals surface area (Å²) in [6, 6.07) is 7.55. The van der Waals surface area contributed by atoms with Crippen LogP contribution >= 0.6 is 0 Å². The van der Waals surface area contributed by atoms with Gasteiger partial charge < -0.3 is 14.9 Å². The first kappa shape index (κ1) is 17.7. The SMILES string of the molecule is CN(C(=O)O)C1CCCc2ccc(N3CCN(C4CCCC4)CC3)cc21. The smallest absolute Gasteiger partial charge is 0.407 e. The molecule has 0 radical (unpaired) electrons. The van der Waals surface area contributed by atoms with Gasteiger partial charge in [0.15, 0.2) is 0 Å². The Hall–Kier alpha value is -1.75. The molecule has 1 saturated heterocycles. The van der Waals surface area contributed by atoms with Crippen LogP contribution in [0.5, 0.6) is 0 Å². The maximum atomic E-state index is 11.5. The molecular formula is C21H31N3O2. The number of nitrogens with zero attached hydrogens (tertiary/aromatic N) is 3. The molecule has 5 nitrogen and oxygen atoms in total. The second kappa shape index (κ2) is 7.47. The maximum absolute atomic E-state index is 11.5. The van der Waals surface area contributed by atoms with Gasteiger partial charge in [-0.2, -0.15) is 0 Å². The minimum Gasteiger partial charge on any atom is -0.465 e.